The first-order valence-corrected chi connectivity index (χ1v) is 6.96. The molecule has 19 heavy (non-hydrogen) atoms. The van der Waals surface area contributed by atoms with Gasteiger partial charge in [-0.3, -0.25) is 9.35 Å². The Kier molecular flexibility index (Phi) is 3.54. The molecule has 0 atom stereocenters. The van der Waals surface area contributed by atoms with Crippen LogP contribution in [0, 0.1) is 0 Å². The quantitative estimate of drug-likeness (QED) is 0.836. The summed E-state index contributed by atoms with van der Waals surface area (Å²) in [5.74, 6) is 0.0643. The Hall–Kier alpha value is -1.93. The van der Waals surface area contributed by atoms with Gasteiger partial charge in [0.25, 0.3) is 16.0 Å². The number of carbonyl (C=O) groups is 1. The Balaban J connectivity index is 2.26. The predicted octanol–water partition coefficient (Wildman–Crippen LogP) is 1.02. The van der Waals surface area contributed by atoms with E-state index >= 15 is 0 Å². The molecule has 1 aromatic rings. The Bertz CT molecular complexity index is 621. The SMILES string of the molecule is CCOC1=NN(c2ccc(S(=O)(=O)O)cc2)C(=O)C1. The van der Waals surface area contributed by atoms with E-state index in [4.69, 9.17) is 9.29 Å². The summed E-state index contributed by atoms with van der Waals surface area (Å²) in [5, 5.41) is 5.12. The molecule has 1 aliphatic rings. The number of carbonyl (C=O) groups excluding carboxylic acids is 1. The van der Waals surface area contributed by atoms with E-state index in [1.165, 1.54) is 24.3 Å². The maximum atomic E-state index is 11.7. The molecule has 0 aromatic heterocycles. The molecule has 8 heteroatoms. The second-order valence-corrected chi connectivity index (χ2v) is 5.20. The zero-order valence-corrected chi connectivity index (χ0v) is 10.9. The normalized spacial score (nSPS) is 15.6. The monoisotopic (exact) mass is 284 g/mol. The Morgan fingerprint density at radius 3 is 2.53 bits per heavy atom. The van der Waals surface area contributed by atoms with Crippen LogP contribution >= 0.6 is 0 Å². The highest BCUT2D eigenvalue weighted by Gasteiger charge is 2.26. The molecular weight excluding hydrogens is 272 g/mol. The van der Waals surface area contributed by atoms with Crippen molar-refractivity contribution in [1.82, 2.24) is 0 Å². The van der Waals surface area contributed by atoms with Gasteiger partial charge >= 0.3 is 0 Å². The van der Waals surface area contributed by atoms with Gasteiger partial charge in [0, 0.05) is 0 Å². The molecule has 7 nitrogen and oxygen atoms in total. The zero-order valence-electron chi connectivity index (χ0n) is 10.1. The molecule has 0 saturated carbocycles. The smallest absolute Gasteiger partial charge is 0.294 e. The van der Waals surface area contributed by atoms with Gasteiger partial charge in [0.15, 0.2) is 0 Å². The third-order valence-electron chi connectivity index (χ3n) is 2.44. The van der Waals surface area contributed by atoms with E-state index in [-0.39, 0.29) is 17.2 Å². The van der Waals surface area contributed by atoms with Crippen molar-refractivity contribution in [2.24, 2.45) is 5.10 Å². The second-order valence-electron chi connectivity index (χ2n) is 3.78. The van der Waals surface area contributed by atoms with E-state index in [0.717, 1.165) is 5.01 Å². The summed E-state index contributed by atoms with van der Waals surface area (Å²) in [6.07, 6.45) is 0.0773. The fourth-order valence-electron chi connectivity index (χ4n) is 1.61. The number of benzene rings is 1. The van der Waals surface area contributed by atoms with Gasteiger partial charge in [-0.05, 0) is 31.2 Å². The molecule has 2 rings (SSSR count). The summed E-state index contributed by atoms with van der Waals surface area (Å²) in [6, 6.07) is 5.18. The van der Waals surface area contributed by atoms with Crippen molar-refractivity contribution in [3.05, 3.63) is 24.3 Å². The van der Waals surface area contributed by atoms with Gasteiger partial charge in [0.2, 0.25) is 5.90 Å². The molecule has 0 radical (unpaired) electrons. The third kappa shape index (κ3) is 2.91. The highest BCUT2D eigenvalue weighted by atomic mass is 32.2. The Labute approximate surface area is 110 Å². The molecule has 1 N–H and O–H groups in total. The molecular formula is C11H12N2O5S. The summed E-state index contributed by atoms with van der Waals surface area (Å²) in [5.41, 5.74) is 0.409. The van der Waals surface area contributed by atoms with Crippen LogP contribution in [-0.2, 0) is 19.6 Å². The van der Waals surface area contributed by atoms with Crippen molar-refractivity contribution in [2.75, 3.05) is 11.6 Å². The van der Waals surface area contributed by atoms with Crippen LogP contribution in [0.1, 0.15) is 13.3 Å². The van der Waals surface area contributed by atoms with E-state index < -0.39 is 10.1 Å². The van der Waals surface area contributed by atoms with Crippen molar-refractivity contribution in [2.45, 2.75) is 18.2 Å². The minimum absolute atomic E-state index is 0.0773. The number of rotatable bonds is 3. The summed E-state index contributed by atoms with van der Waals surface area (Å²) in [4.78, 5) is 11.5. The first-order chi connectivity index (χ1) is 8.91. The van der Waals surface area contributed by atoms with Gasteiger partial charge in [-0.25, -0.2) is 0 Å². The fraction of sp³-hybridized carbons (Fsp3) is 0.273. The minimum Gasteiger partial charge on any atom is -0.480 e. The standard InChI is InChI=1S/C11H12N2O5S/c1-2-18-10-7-11(14)13(12-10)8-3-5-9(6-4-8)19(15,16)17/h3-6H,2,7H2,1H3,(H,15,16,17). The number of nitrogens with zero attached hydrogens (tertiary/aromatic N) is 2. The largest absolute Gasteiger partial charge is 0.480 e. The fourth-order valence-corrected chi connectivity index (χ4v) is 2.09. The van der Waals surface area contributed by atoms with Gasteiger partial charge in [0.1, 0.15) is 6.42 Å². The molecule has 0 unspecified atom stereocenters. The number of hydrogen-bond acceptors (Lipinski definition) is 5. The lowest BCUT2D eigenvalue weighted by Crippen LogP contribution is -2.19. The average Bonchev–Trinajstić information content (AvgIpc) is 2.70. The molecule has 0 fully saturated rings. The number of amides is 1. The highest BCUT2D eigenvalue weighted by Crippen LogP contribution is 2.22. The summed E-state index contributed by atoms with van der Waals surface area (Å²) >= 11 is 0. The molecule has 0 spiro atoms. The molecule has 1 amide bonds. The molecule has 0 aliphatic carbocycles. The highest BCUT2D eigenvalue weighted by molar-refractivity contribution is 7.85. The van der Waals surface area contributed by atoms with Gasteiger partial charge in [-0.15, -0.1) is 5.10 Å². The number of hydrogen-bond donors (Lipinski definition) is 1. The Morgan fingerprint density at radius 2 is 2.00 bits per heavy atom. The zero-order chi connectivity index (χ0) is 14.0. The van der Waals surface area contributed by atoms with Gasteiger partial charge in [0.05, 0.1) is 17.2 Å². The van der Waals surface area contributed by atoms with Crippen LogP contribution in [0.3, 0.4) is 0 Å². The van der Waals surface area contributed by atoms with Crippen LogP contribution in [0.25, 0.3) is 0 Å². The topological polar surface area (TPSA) is 96.3 Å². The molecule has 0 saturated heterocycles. The lowest BCUT2D eigenvalue weighted by Gasteiger charge is -2.11. The molecule has 1 aliphatic heterocycles. The van der Waals surface area contributed by atoms with Crippen LogP contribution in [0.15, 0.2) is 34.3 Å². The van der Waals surface area contributed by atoms with Crippen molar-refractivity contribution in [1.29, 1.82) is 0 Å². The van der Waals surface area contributed by atoms with Crippen LogP contribution in [0.2, 0.25) is 0 Å². The van der Waals surface area contributed by atoms with Crippen LogP contribution in [-0.4, -0.2) is 31.4 Å². The van der Waals surface area contributed by atoms with Crippen molar-refractivity contribution < 1.29 is 22.5 Å². The Morgan fingerprint density at radius 1 is 1.37 bits per heavy atom. The van der Waals surface area contributed by atoms with Gasteiger partial charge in [-0.2, -0.15) is 13.4 Å². The molecule has 1 aromatic carbocycles. The predicted molar refractivity (Wildman–Crippen MR) is 67.4 cm³/mol. The molecule has 0 bridgehead atoms. The third-order valence-corrected chi connectivity index (χ3v) is 3.31. The van der Waals surface area contributed by atoms with Crippen molar-refractivity contribution >= 4 is 27.6 Å². The van der Waals surface area contributed by atoms with E-state index in [1.807, 2.05) is 0 Å². The summed E-state index contributed by atoms with van der Waals surface area (Å²) < 4.78 is 35.8. The molecule has 1 heterocycles. The van der Waals surface area contributed by atoms with E-state index in [0.29, 0.717) is 18.2 Å². The number of anilines is 1. The summed E-state index contributed by atoms with van der Waals surface area (Å²) in [6.45, 7) is 2.21. The number of hydrazone groups is 1. The van der Waals surface area contributed by atoms with Crippen LogP contribution in [0.4, 0.5) is 5.69 Å². The average molecular weight is 284 g/mol. The van der Waals surface area contributed by atoms with Crippen molar-refractivity contribution in [3.63, 3.8) is 0 Å². The second kappa shape index (κ2) is 4.98. The van der Waals surface area contributed by atoms with E-state index in [1.54, 1.807) is 6.92 Å². The summed E-state index contributed by atoms with van der Waals surface area (Å²) in [7, 11) is -4.24. The number of ether oxygens (including phenoxy) is 1. The first kappa shape index (κ1) is 13.5. The first-order valence-electron chi connectivity index (χ1n) is 5.52. The minimum atomic E-state index is -4.24. The van der Waals surface area contributed by atoms with Crippen LogP contribution in [0.5, 0.6) is 0 Å². The van der Waals surface area contributed by atoms with Gasteiger partial charge < -0.3 is 4.74 Å². The van der Waals surface area contributed by atoms with E-state index in [9.17, 15) is 13.2 Å². The van der Waals surface area contributed by atoms with E-state index in [2.05, 4.69) is 5.10 Å². The maximum absolute atomic E-state index is 11.7. The lowest BCUT2D eigenvalue weighted by molar-refractivity contribution is -0.117. The molecule has 102 valence electrons. The maximum Gasteiger partial charge on any atom is 0.294 e. The van der Waals surface area contributed by atoms with Crippen molar-refractivity contribution in [3.8, 4) is 0 Å². The lowest BCUT2D eigenvalue weighted by atomic mass is 10.3. The van der Waals surface area contributed by atoms with Gasteiger partial charge in [-0.1, -0.05) is 0 Å². The van der Waals surface area contributed by atoms with Crippen LogP contribution < -0.4 is 5.01 Å².